The zero-order valence-corrected chi connectivity index (χ0v) is 11.0. The third-order valence-corrected chi connectivity index (χ3v) is 3.64. The van der Waals surface area contributed by atoms with Gasteiger partial charge in [-0.1, -0.05) is 0 Å². The number of aromatic nitrogens is 1. The molecule has 1 aromatic carbocycles. The largest absolute Gasteiger partial charge is 0.302 e. The lowest BCUT2D eigenvalue weighted by atomic mass is 9.94. The second-order valence-corrected chi connectivity index (χ2v) is 5.12. The van der Waals surface area contributed by atoms with Crippen molar-refractivity contribution in [3.63, 3.8) is 0 Å². The second kappa shape index (κ2) is 4.38. The number of likely N-dealkylation sites (N-methyl/N-ethyl adjacent to an activating group) is 1. The van der Waals surface area contributed by atoms with E-state index >= 15 is 0 Å². The summed E-state index contributed by atoms with van der Waals surface area (Å²) in [7, 11) is 2.02. The molecule has 0 spiro atoms. The highest BCUT2D eigenvalue weighted by Gasteiger charge is 2.22. The normalized spacial score (nSPS) is 15.5. The molecule has 0 saturated heterocycles. The van der Waals surface area contributed by atoms with E-state index < -0.39 is 0 Å². The molecule has 0 N–H and O–H groups in total. The van der Waals surface area contributed by atoms with Gasteiger partial charge in [0, 0.05) is 36.2 Å². The number of Topliss-reactive ketones (excluding diaryl/α,β-unsaturated/α-hetero) is 1. The van der Waals surface area contributed by atoms with Gasteiger partial charge in [-0.15, -0.1) is 0 Å². The molecule has 3 rings (SSSR count). The van der Waals surface area contributed by atoms with Crippen molar-refractivity contribution in [2.24, 2.45) is 0 Å². The minimum atomic E-state index is -0.332. The first-order chi connectivity index (χ1) is 9.06. The first-order valence-corrected chi connectivity index (χ1v) is 6.37. The zero-order valence-electron chi connectivity index (χ0n) is 11.0. The zero-order chi connectivity index (χ0) is 13.6. The number of carbonyl (C=O) groups is 1. The van der Waals surface area contributed by atoms with Gasteiger partial charge in [0.05, 0.1) is 5.52 Å². The summed E-state index contributed by atoms with van der Waals surface area (Å²) >= 11 is 0. The first kappa shape index (κ1) is 12.2. The number of pyridine rings is 1. The minimum Gasteiger partial charge on any atom is -0.302 e. The molecule has 2 aromatic rings. The molecule has 19 heavy (non-hydrogen) atoms. The Morgan fingerprint density at radius 1 is 1.42 bits per heavy atom. The summed E-state index contributed by atoms with van der Waals surface area (Å²) < 4.78 is 13.4. The van der Waals surface area contributed by atoms with Crippen LogP contribution in [0, 0.1) is 5.82 Å². The number of halogens is 1. The van der Waals surface area contributed by atoms with E-state index in [1.54, 1.807) is 6.07 Å². The molecule has 3 nitrogen and oxygen atoms in total. The Hall–Kier alpha value is -1.81. The number of ketones is 1. The Morgan fingerprint density at radius 2 is 2.21 bits per heavy atom. The summed E-state index contributed by atoms with van der Waals surface area (Å²) in [6.07, 6.45) is 0.833. The molecule has 0 fully saturated rings. The average molecular weight is 258 g/mol. The SMILES string of the molecule is CC(=O)c1c2c(nc3ccc(F)cc13)CCN(C)C2. The van der Waals surface area contributed by atoms with E-state index in [1.807, 2.05) is 7.05 Å². The Bertz CT molecular complexity index is 681. The number of hydrogen-bond donors (Lipinski definition) is 0. The van der Waals surface area contributed by atoms with Gasteiger partial charge in [0.2, 0.25) is 0 Å². The molecular formula is C15H15FN2O. The molecular weight excluding hydrogens is 243 g/mol. The topological polar surface area (TPSA) is 33.2 Å². The maximum Gasteiger partial charge on any atom is 0.160 e. The smallest absolute Gasteiger partial charge is 0.160 e. The predicted molar refractivity (Wildman–Crippen MR) is 71.7 cm³/mol. The van der Waals surface area contributed by atoms with Gasteiger partial charge < -0.3 is 4.90 Å². The maximum atomic E-state index is 13.4. The lowest BCUT2D eigenvalue weighted by molar-refractivity contribution is 0.101. The molecule has 0 atom stereocenters. The molecule has 1 aliphatic heterocycles. The van der Waals surface area contributed by atoms with Crippen LogP contribution in [0.15, 0.2) is 18.2 Å². The summed E-state index contributed by atoms with van der Waals surface area (Å²) in [6.45, 7) is 3.17. The van der Waals surface area contributed by atoms with Gasteiger partial charge in [-0.2, -0.15) is 0 Å². The van der Waals surface area contributed by atoms with Gasteiger partial charge in [0.25, 0.3) is 0 Å². The standard InChI is InChI=1S/C15H15FN2O/c1-9(19)15-11-7-10(16)3-4-13(11)17-14-5-6-18(2)8-12(14)15/h3-4,7H,5-6,8H2,1-2H3. The van der Waals surface area contributed by atoms with E-state index in [2.05, 4.69) is 9.88 Å². The van der Waals surface area contributed by atoms with Crippen LogP contribution in [0.1, 0.15) is 28.5 Å². The summed E-state index contributed by atoms with van der Waals surface area (Å²) in [4.78, 5) is 18.7. The average Bonchev–Trinajstić information content (AvgIpc) is 2.35. The number of rotatable bonds is 1. The Morgan fingerprint density at radius 3 is 2.95 bits per heavy atom. The van der Waals surface area contributed by atoms with Gasteiger partial charge in [0.1, 0.15) is 5.82 Å². The molecule has 1 aliphatic rings. The fourth-order valence-electron chi connectivity index (χ4n) is 2.75. The molecule has 0 aliphatic carbocycles. The Balaban J connectivity index is 2.37. The van der Waals surface area contributed by atoms with E-state index in [4.69, 9.17) is 0 Å². The van der Waals surface area contributed by atoms with Crippen LogP contribution in [0.3, 0.4) is 0 Å². The van der Waals surface area contributed by atoms with Crippen molar-refractivity contribution < 1.29 is 9.18 Å². The number of nitrogens with zero attached hydrogens (tertiary/aromatic N) is 2. The molecule has 0 unspecified atom stereocenters. The van der Waals surface area contributed by atoms with Crippen LogP contribution >= 0.6 is 0 Å². The second-order valence-electron chi connectivity index (χ2n) is 5.12. The Labute approximate surface area is 111 Å². The van der Waals surface area contributed by atoms with E-state index in [0.717, 1.165) is 24.2 Å². The molecule has 0 saturated carbocycles. The van der Waals surface area contributed by atoms with E-state index in [9.17, 15) is 9.18 Å². The van der Waals surface area contributed by atoms with Crippen LogP contribution < -0.4 is 0 Å². The highest BCUT2D eigenvalue weighted by Crippen LogP contribution is 2.28. The highest BCUT2D eigenvalue weighted by molar-refractivity contribution is 6.07. The van der Waals surface area contributed by atoms with Crippen molar-refractivity contribution in [2.45, 2.75) is 19.9 Å². The number of hydrogen-bond acceptors (Lipinski definition) is 3. The van der Waals surface area contributed by atoms with Crippen LogP contribution in [0.2, 0.25) is 0 Å². The Kier molecular flexibility index (Phi) is 2.82. The highest BCUT2D eigenvalue weighted by atomic mass is 19.1. The van der Waals surface area contributed by atoms with Crippen LogP contribution in [-0.2, 0) is 13.0 Å². The van der Waals surface area contributed by atoms with Gasteiger partial charge in [-0.3, -0.25) is 9.78 Å². The van der Waals surface area contributed by atoms with Gasteiger partial charge in [0.15, 0.2) is 5.78 Å². The summed E-state index contributed by atoms with van der Waals surface area (Å²) in [6, 6.07) is 4.45. The van der Waals surface area contributed by atoms with Crippen LogP contribution in [0.5, 0.6) is 0 Å². The molecule has 1 aromatic heterocycles. The fraction of sp³-hybridized carbons (Fsp3) is 0.333. The number of carbonyl (C=O) groups excluding carboxylic acids is 1. The van der Waals surface area contributed by atoms with E-state index in [1.165, 1.54) is 19.1 Å². The van der Waals surface area contributed by atoms with Crippen LogP contribution in [-0.4, -0.2) is 29.3 Å². The van der Waals surface area contributed by atoms with Crippen molar-refractivity contribution in [3.8, 4) is 0 Å². The molecule has 0 bridgehead atoms. The van der Waals surface area contributed by atoms with E-state index in [0.29, 0.717) is 23.0 Å². The minimum absolute atomic E-state index is 0.0236. The van der Waals surface area contributed by atoms with Crippen molar-refractivity contribution in [1.82, 2.24) is 9.88 Å². The summed E-state index contributed by atoms with van der Waals surface area (Å²) in [5, 5.41) is 0.626. The first-order valence-electron chi connectivity index (χ1n) is 6.37. The van der Waals surface area contributed by atoms with Crippen LogP contribution in [0.25, 0.3) is 10.9 Å². The number of benzene rings is 1. The van der Waals surface area contributed by atoms with Crippen molar-refractivity contribution in [2.75, 3.05) is 13.6 Å². The van der Waals surface area contributed by atoms with E-state index in [-0.39, 0.29) is 11.6 Å². The predicted octanol–water partition coefficient (Wildman–Crippen LogP) is 2.56. The molecule has 0 radical (unpaired) electrons. The third kappa shape index (κ3) is 2.02. The monoisotopic (exact) mass is 258 g/mol. The summed E-state index contributed by atoms with van der Waals surface area (Å²) in [5.74, 6) is -0.356. The van der Waals surface area contributed by atoms with Gasteiger partial charge in [-0.05, 0) is 37.7 Å². The van der Waals surface area contributed by atoms with Crippen LogP contribution in [0.4, 0.5) is 4.39 Å². The van der Waals surface area contributed by atoms with Crippen molar-refractivity contribution in [1.29, 1.82) is 0 Å². The molecule has 0 amide bonds. The quantitative estimate of drug-likeness (QED) is 0.737. The molecule has 4 heteroatoms. The van der Waals surface area contributed by atoms with Gasteiger partial charge in [-0.25, -0.2) is 4.39 Å². The molecule has 2 heterocycles. The van der Waals surface area contributed by atoms with Gasteiger partial charge >= 0.3 is 0 Å². The maximum absolute atomic E-state index is 13.4. The van der Waals surface area contributed by atoms with Crippen molar-refractivity contribution >= 4 is 16.7 Å². The third-order valence-electron chi connectivity index (χ3n) is 3.64. The lowest BCUT2D eigenvalue weighted by Crippen LogP contribution is -2.29. The van der Waals surface area contributed by atoms with Crippen molar-refractivity contribution in [3.05, 3.63) is 40.8 Å². The fourth-order valence-corrected chi connectivity index (χ4v) is 2.75. The summed E-state index contributed by atoms with van der Waals surface area (Å²) in [5.41, 5.74) is 3.27. The molecule has 98 valence electrons. The number of fused-ring (bicyclic) bond motifs is 2. The lowest BCUT2D eigenvalue weighted by Gasteiger charge is -2.26.